The Bertz CT molecular complexity index is 586. The molecule has 5 heteroatoms. The van der Waals surface area contributed by atoms with Crippen LogP contribution in [-0.2, 0) is 4.74 Å². The lowest BCUT2D eigenvalue weighted by atomic mass is 10.1. The Labute approximate surface area is 116 Å². The highest BCUT2D eigenvalue weighted by molar-refractivity contribution is 7.13. The number of thiazole rings is 1. The van der Waals surface area contributed by atoms with Gasteiger partial charge in [0.05, 0.1) is 5.56 Å². The number of nitrogens with two attached hydrogens (primary N) is 1. The zero-order valence-electron chi connectivity index (χ0n) is 11.1. The summed E-state index contributed by atoms with van der Waals surface area (Å²) in [7, 11) is 0. The lowest BCUT2D eigenvalue weighted by Gasteiger charge is -2.19. The maximum absolute atomic E-state index is 12.0. The Balaban J connectivity index is 2.34. The van der Waals surface area contributed by atoms with Gasteiger partial charge in [-0.05, 0) is 39.0 Å². The molecule has 0 fully saturated rings. The second-order valence-electron chi connectivity index (χ2n) is 5.14. The molecule has 0 aliphatic carbocycles. The first-order chi connectivity index (χ1) is 8.87. The molecule has 100 valence electrons. The van der Waals surface area contributed by atoms with Gasteiger partial charge in [0.1, 0.15) is 10.6 Å². The molecule has 0 unspecified atom stereocenters. The van der Waals surface area contributed by atoms with Crippen LogP contribution in [0.3, 0.4) is 0 Å². The standard InChI is InChI=1S/C14H16N2O2S/c1-14(2,3)18-13(17)9-4-5-11(15)10(8-9)12-16-6-7-19-12/h4-8H,15H2,1-3H3. The summed E-state index contributed by atoms with van der Waals surface area (Å²) in [5.74, 6) is -0.356. The molecule has 0 aliphatic heterocycles. The van der Waals surface area contributed by atoms with Gasteiger partial charge in [0, 0.05) is 22.8 Å². The number of carbonyl (C=O) groups excluding carboxylic acids is 1. The van der Waals surface area contributed by atoms with Gasteiger partial charge < -0.3 is 10.5 Å². The highest BCUT2D eigenvalue weighted by atomic mass is 32.1. The van der Waals surface area contributed by atoms with Crippen LogP contribution in [0.4, 0.5) is 5.69 Å². The van der Waals surface area contributed by atoms with Gasteiger partial charge in [0.15, 0.2) is 0 Å². The van der Waals surface area contributed by atoms with Crippen molar-refractivity contribution in [1.29, 1.82) is 0 Å². The van der Waals surface area contributed by atoms with E-state index in [1.165, 1.54) is 11.3 Å². The second kappa shape index (κ2) is 5.01. The smallest absolute Gasteiger partial charge is 0.338 e. The molecule has 0 amide bonds. The number of nitrogens with zero attached hydrogens (tertiary/aromatic N) is 1. The molecule has 0 spiro atoms. The normalized spacial score (nSPS) is 11.3. The molecule has 2 N–H and O–H groups in total. The van der Waals surface area contributed by atoms with Crippen molar-refractivity contribution in [2.24, 2.45) is 0 Å². The van der Waals surface area contributed by atoms with E-state index in [1.807, 2.05) is 26.2 Å². The largest absolute Gasteiger partial charge is 0.456 e. The number of anilines is 1. The maximum Gasteiger partial charge on any atom is 0.338 e. The van der Waals surface area contributed by atoms with Crippen molar-refractivity contribution in [3.8, 4) is 10.6 Å². The number of nitrogen functional groups attached to an aromatic ring is 1. The van der Waals surface area contributed by atoms with E-state index < -0.39 is 5.60 Å². The van der Waals surface area contributed by atoms with Crippen LogP contribution >= 0.6 is 11.3 Å². The average Bonchev–Trinajstić information content (AvgIpc) is 2.80. The first-order valence-electron chi connectivity index (χ1n) is 5.89. The summed E-state index contributed by atoms with van der Waals surface area (Å²) in [4.78, 5) is 16.2. The second-order valence-corrected chi connectivity index (χ2v) is 6.04. The molecule has 0 saturated carbocycles. The van der Waals surface area contributed by atoms with E-state index in [2.05, 4.69) is 4.98 Å². The van der Waals surface area contributed by atoms with Gasteiger partial charge in [-0.15, -0.1) is 11.3 Å². The third-order valence-corrected chi connectivity index (χ3v) is 3.16. The fraction of sp³-hybridized carbons (Fsp3) is 0.286. The number of aromatic nitrogens is 1. The summed E-state index contributed by atoms with van der Waals surface area (Å²) in [5, 5.41) is 2.66. The molecule has 1 aromatic heterocycles. The maximum atomic E-state index is 12.0. The van der Waals surface area contributed by atoms with Crippen molar-refractivity contribution in [2.45, 2.75) is 26.4 Å². The molecule has 19 heavy (non-hydrogen) atoms. The molecule has 0 aliphatic rings. The summed E-state index contributed by atoms with van der Waals surface area (Å²) >= 11 is 1.48. The zero-order valence-corrected chi connectivity index (χ0v) is 12.0. The number of rotatable bonds is 2. The van der Waals surface area contributed by atoms with Crippen LogP contribution in [-0.4, -0.2) is 16.6 Å². The van der Waals surface area contributed by atoms with Crippen LogP contribution in [0.2, 0.25) is 0 Å². The number of esters is 1. The van der Waals surface area contributed by atoms with Crippen molar-refractivity contribution in [3.05, 3.63) is 35.3 Å². The number of hydrogen-bond donors (Lipinski definition) is 1. The van der Waals surface area contributed by atoms with Crippen LogP contribution in [0.1, 0.15) is 31.1 Å². The van der Waals surface area contributed by atoms with Gasteiger partial charge in [-0.1, -0.05) is 0 Å². The Morgan fingerprint density at radius 1 is 1.37 bits per heavy atom. The lowest BCUT2D eigenvalue weighted by Crippen LogP contribution is -2.23. The lowest BCUT2D eigenvalue weighted by molar-refractivity contribution is 0.00696. The number of benzene rings is 1. The van der Waals surface area contributed by atoms with Gasteiger partial charge >= 0.3 is 5.97 Å². The van der Waals surface area contributed by atoms with Crippen molar-refractivity contribution >= 4 is 23.0 Å². The van der Waals surface area contributed by atoms with Crippen LogP contribution < -0.4 is 5.73 Å². The van der Waals surface area contributed by atoms with Gasteiger partial charge in [0.25, 0.3) is 0 Å². The minimum Gasteiger partial charge on any atom is -0.456 e. The summed E-state index contributed by atoms with van der Waals surface area (Å²) in [5.41, 5.74) is 7.25. The summed E-state index contributed by atoms with van der Waals surface area (Å²) in [6.07, 6.45) is 1.71. The van der Waals surface area contributed by atoms with E-state index in [1.54, 1.807) is 24.4 Å². The van der Waals surface area contributed by atoms with Gasteiger partial charge in [-0.25, -0.2) is 9.78 Å². The van der Waals surface area contributed by atoms with E-state index >= 15 is 0 Å². The van der Waals surface area contributed by atoms with Crippen LogP contribution in [0.5, 0.6) is 0 Å². The monoisotopic (exact) mass is 276 g/mol. The average molecular weight is 276 g/mol. The quantitative estimate of drug-likeness (QED) is 0.675. The highest BCUT2D eigenvalue weighted by Gasteiger charge is 2.19. The van der Waals surface area contributed by atoms with Crippen LogP contribution in [0.25, 0.3) is 10.6 Å². The van der Waals surface area contributed by atoms with Crippen molar-refractivity contribution in [2.75, 3.05) is 5.73 Å². The van der Waals surface area contributed by atoms with E-state index in [0.29, 0.717) is 11.3 Å². The first kappa shape index (κ1) is 13.5. The highest BCUT2D eigenvalue weighted by Crippen LogP contribution is 2.29. The molecule has 0 bridgehead atoms. The summed E-state index contributed by atoms with van der Waals surface area (Å²) in [6, 6.07) is 5.10. The van der Waals surface area contributed by atoms with Crippen molar-refractivity contribution < 1.29 is 9.53 Å². The number of ether oxygens (including phenoxy) is 1. The Hall–Kier alpha value is -1.88. The zero-order chi connectivity index (χ0) is 14.0. The van der Waals surface area contributed by atoms with Crippen molar-refractivity contribution in [3.63, 3.8) is 0 Å². The third kappa shape index (κ3) is 3.32. The van der Waals surface area contributed by atoms with Gasteiger partial charge in [-0.3, -0.25) is 0 Å². The molecule has 1 aromatic carbocycles. The molecule has 1 heterocycles. The summed E-state index contributed by atoms with van der Waals surface area (Å²) in [6.45, 7) is 5.51. The fourth-order valence-corrected chi connectivity index (χ4v) is 2.24. The van der Waals surface area contributed by atoms with Crippen LogP contribution in [0.15, 0.2) is 29.8 Å². The predicted octanol–water partition coefficient (Wildman–Crippen LogP) is 3.35. The summed E-state index contributed by atoms with van der Waals surface area (Å²) < 4.78 is 5.34. The molecular formula is C14H16N2O2S. The number of carbonyl (C=O) groups is 1. The molecule has 4 nitrogen and oxygen atoms in total. The van der Waals surface area contributed by atoms with Gasteiger partial charge in [-0.2, -0.15) is 0 Å². The molecule has 2 aromatic rings. The van der Waals surface area contributed by atoms with E-state index in [0.717, 1.165) is 10.6 Å². The SMILES string of the molecule is CC(C)(C)OC(=O)c1ccc(N)c(-c2nccs2)c1. The Morgan fingerprint density at radius 3 is 2.68 bits per heavy atom. The Morgan fingerprint density at radius 2 is 2.11 bits per heavy atom. The van der Waals surface area contributed by atoms with E-state index in [4.69, 9.17) is 10.5 Å². The minimum atomic E-state index is -0.514. The van der Waals surface area contributed by atoms with E-state index in [-0.39, 0.29) is 5.97 Å². The molecular weight excluding hydrogens is 260 g/mol. The molecule has 0 radical (unpaired) electrons. The van der Waals surface area contributed by atoms with Gasteiger partial charge in [0.2, 0.25) is 0 Å². The third-order valence-electron chi connectivity index (χ3n) is 2.35. The van der Waals surface area contributed by atoms with Crippen molar-refractivity contribution in [1.82, 2.24) is 4.98 Å². The Kier molecular flexibility index (Phi) is 3.57. The molecule has 2 rings (SSSR count). The fourth-order valence-electron chi connectivity index (χ4n) is 1.56. The molecule has 0 saturated heterocycles. The first-order valence-corrected chi connectivity index (χ1v) is 6.77. The van der Waals surface area contributed by atoms with E-state index in [9.17, 15) is 4.79 Å². The minimum absolute atomic E-state index is 0.356. The van der Waals surface area contributed by atoms with Crippen LogP contribution in [0, 0.1) is 0 Å². The predicted molar refractivity (Wildman–Crippen MR) is 77.1 cm³/mol. The topological polar surface area (TPSA) is 65.2 Å². The molecule has 0 atom stereocenters. The number of hydrogen-bond acceptors (Lipinski definition) is 5.